The maximum absolute atomic E-state index is 2.39. The Labute approximate surface area is 159 Å². The highest BCUT2D eigenvalue weighted by molar-refractivity contribution is 6.85. The zero-order chi connectivity index (χ0) is 17.9. The van der Waals surface area contributed by atoms with Crippen molar-refractivity contribution in [1.29, 1.82) is 0 Å². The molecule has 0 spiro atoms. The number of rotatable bonds is 4. The smallest absolute Gasteiger partial charge is 0.0628 e. The molecule has 0 aliphatic rings. The van der Waals surface area contributed by atoms with E-state index in [0.29, 0.717) is 0 Å². The van der Waals surface area contributed by atoms with Crippen molar-refractivity contribution in [3.63, 3.8) is 0 Å². The first-order valence-electron chi connectivity index (χ1n) is 9.05. The zero-order valence-electron chi connectivity index (χ0n) is 15.2. The second-order valence-corrected chi connectivity index (χ2v) is 11.6. The Hall–Kier alpha value is -2.43. The van der Waals surface area contributed by atoms with E-state index in [9.17, 15) is 0 Å². The monoisotopic (exact) mass is 366 g/mol. The molecule has 0 aromatic heterocycles. The standard InChI is InChI=1S/C24H22Si2/c1-25(21-9-5-3-6-10-21)23-15-13-20-18-24(16-14-19(20)17-23)26(2)22-11-7-4-8-12-22/h3-18H,1-2H3. The SMILES string of the molecule is C[Si](c1ccccc1)c1ccc2cc([Si](C)c3ccccc3)ccc2c1. The summed E-state index contributed by atoms with van der Waals surface area (Å²) in [6.45, 7) is 4.77. The van der Waals surface area contributed by atoms with Gasteiger partial charge in [0.05, 0.1) is 0 Å². The fourth-order valence-corrected chi connectivity index (χ4v) is 6.88. The molecule has 0 atom stereocenters. The highest BCUT2D eigenvalue weighted by Crippen LogP contribution is 2.12. The molecule has 126 valence electrons. The fraction of sp³-hybridized carbons (Fsp3) is 0.0833. The van der Waals surface area contributed by atoms with Crippen LogP contribution in [0.4, 0.5) is 0 Å². The van der Waals surface area contributed by atoms with Gasteiger partial charge in [-0.2, -0.15) is 0 Å². The molecular formula is C24H22Si2. The van der Waals surface area contributed by atoms with Crippen molar-refractivity contribution >= 4 is 49.1 Å². The minimum absolute atomic E-state index is 0.697. The first-order chi connectivity index (χ1) is 12.7. The van der Waals surface area contributed by atoms with E-state index < -0.39 is 17.6 Å². The van der Waals surface area contributed by atoms with E-state index in [0.717, 1.165) is 0 Å². The summed E-state index contributed by atoms with van der Waals surface area (Å²) in [6.07, 6.45) is 0. The minimum atomic E-state index is -0.697. The first kappa shape index (κ1) is 17.0. The van der Waals surface area contributed by atoms with Crippen LogP contribution in [0.1, 0.15) is 0 Å². The Morgan fingerprint density at radius 3 is 1.19 bits per heavy atom. The van der Waals surface area contributed by atoms with Crippen molar-refractivity contribution in [3.8, 4) is 0 Å². The van der Waals surface area contributed by atoms with Crippen molar-refractivity contribution in [2.45, 2.75) is 13.1 Å². The Bertz CT molecular complexity index is 925. The molecule has 0 amide bonds. The molecule has 4 rings (SSSR count). The summed E-state index contributed by atoms with van der Waals surface area (Å²) in [7, 11) is -1.39. The summed E-state index contributed by atoms with van der Waals surface area (Å²) in [6, 6.07) is 35.9. The van der Waals surface area contributed by atoms with E-state index in [1.165, 1.54) is 31.5 Å². The van der Waals surface area contributed by atoms with E-state index in [2.05, 4.69) is 110 Å². The van der Waals surface area contributed by atoms with Crippen LogP contribution in [-0.2, 0) is 0 Å². The summed E-state index contributed by atoms with van der Waals surface area (Å²) in [5.74, 6) is 0. The largest absolute Gasteiger partial charge is 0.118 e. The average Bonchev–Trinajstić information content (AvgIpc) is 2.73. The summed E-state index contributed by atoms with van der Waals surface area (Å²) >= 11 is 0. The van der Waals surface area contributed by atoms with Crippen LogP contribution in [0, 0.1) is 0 Å². The number of fused-ring (bicyclic) bond motifs is 1. The highest BCUT2D eigenvalue weighted by atomic mass is 28.3. The second-order valence-electron chi connectivity index (χ2n) is 6.76. The lowest BCUT2D eigenvalue weighted by molar-refractivity contribution is 1.73. The van der Waals surface area contributed by atoms with E-state index in [-0.39, 0.29) is 0 Å². The Morgan fingerprint density at radius 1 is 0.423 bits per heavy atom. The first-order valence-corrected chi connectivity index (χ1v) is 13.0. The molecule has 0 bridgehead atoms. The summed E-state index contributed by atoms with van der Waals surface area (Å²) in [5, 5.41) is 8.61. The van der Waals surface area contributed by atoms with Gasteiger partial charge in [0.15, 0.2) is 0 Å². The molecule has 4 aromatic rings. The predicted molar refractivity (Wildman–Crippen MR) is 119 cm³/mol. The number of benzene rings is 4. The normalized spacial score (nSPS) is 11.4. The highest BCUT2D eigenvalue weighted by Gasteiger charge is 2.13. The molecule has 26 heavy (non-hydrogen) atoms. The second kappa shape index (κ2) is 7.44. The van der Waals surface area contributed by atoms with Gasteiger partial charge in [0, 0.05) is 0 Å². The van der Waals surface area contributed by atoms with Gasteiger partial charge in [0.25, 0.3) is 0 Å². The van der Waals surface area contributed by atoms with Crippen LogP contribution in [0.2, 0.25) is 13.1 Å². The predicted octanol–water partition coefficient (Wildman–Crippen LogP) is 3.32. The van der Waals surface area contributed by atoms with Crippen molar-refractivity contribution < 1.29 is 0 Å². The van der Waals surface area contributed by atoms with E-state index in [1.54, 1.807) is 0 Å². The van der Waals surface area contributed by atoms with Gasteiger partial charge in [-0.25, -0.2) is 0 Å². The topological polar surface area (TPSA) is 0 Å². The average molecular weight is 367 g/mol. The number of hydrogen-bond acceptors (Lipinski definition) is 0. The molecule has 0 aliphatic heterocycles. The van der Waals surface area contributed by atoms with Crippen LogP contribution in [0.3, 0.4) is 0 Å². The molecule has 0 unspecified atom stereocenters. The van der Waals surface area contributed by atoms with E-state index in [1.807, 2.05) is 0 Å². The molecular weight excluding hydrogens is 344 g/mol. The van der Waals surface area contributed by atoms with Crippen LogP contribution < -0.4 is 20.7 Å². The minimum Gasteiger partial charge on any atom is -0.0628 e. The molecule has 2 radical (unpaired) electrons. The molecule has 0 fully saturated rings. The van der Waals surface area contributed by atoms with Crippen LogP contribution >= 0.6 is 0 Å². The third kappa shape index (κ3) is 3.43. The fourth-order valence-electron chi connectivity index (χ4n) is 3.42. The van der Waals surface area contributed by atoms with Crippen molar-refractivity contribution in [2.75, 3.05) is 0 Å². The van der Waals surface area contributed by atoms with Crippen LogP contribution in [0.15, 0.2) is 97.1 Å². The van der Waals surface area contributed by atoms with Crippen LogP contribution in [0.25, 0.3) is 10.8 Å². The van der Waals surface area contributed by atoms with E-state index in [4.69, 9.17) is 0 Å². The van der Waals surface area contributed by atoms with Crippen molar-refractivity contribution in [2.24, 2.45) is 0 Å². The summed E-state index contributed by atoms with van der Waals surface area (Å²) < 4.78 is 0. The zero-order valence-corrected chi connectivity index (χ0v) is 17.2. The van der Waals surface area contributed by atoms with Crippen LogP contribution in [0.5, 0.6) is 0 Å². The van der Waals surface area contributed by atoms with Crippen molar-refractivity contribution in [3.05, 3.63) is 97.1 Å². The quantitative estimate of drug-likeness (QED) is 0.486. The maximum Gasteiger partial charge on any atom is 0.118 e. The summed E-state index contributed by atoms with van der Waals surface area (Å²) in [4.78, 5) is 0. The van der Waals surface area contributed by atoms with Crippen molar-refractivity contribution in [1.82, 2.24) is 0 Å². The Kier molecular flexibility index (Phi) is 4.87. The van der Waals surface area contributed by atoms with Gasteiger partial charge in [-0.05, 0) is 10.8 Å². The lowest BCUT2D eigenvalue weighted by Crippen LogP contribution is -2.39. The molecule has 2 heteroatoms. The van der Waals surface area contributed by atoms with Gasteiger partial charge in [-0.3, -0.25) is 0 Å². The molecule has 4 aromatic carbocycles. The summed E-state index contributed by atoms with van der Waals surface area (Å²) in [5.41, 5.74) is 0. The van der Waals surface area contributed by atoms with Gasteiger partial charge in [0.2, 0.25) is 0 Å². The van der Waals surface area contributed by atoms with Gasteiger partial charge >= 0.3 is 0 Å². The van der Waals surface area contributed by atoms with Crippen LogP contribution in [-0.4, -0.2) is 17.6 Å². The van der Waals surface area contributed by atoms with Gasteiger partial charge in [-0.1, -0.05) is 131 Å². The third-order valence-electron chi connectivity index (χ3n) is 5.12. The van der Waals surface area contributed by atoms with Gasteiger partial charge < -0.3 is 0 Å². The number of hydrogen-bond donors (Lipinski definition) is 0. The van der Waals surface area contributed by atoms with E-state index >= 15 is 0 Å². The molecule has 0 N–H and O–H groups in total. The third-order valence-corrected chi connectivity index (χ3v) is 9.87. The van der Waals surface area contributed by atoms with Gasteiger partial charge in [-0.15, -0.1) is 0 Å². The molecule has 0 saturated carbocycles. The lowest BCUT2D eigenvalue weighted by atomic mass is 10.1. The van der Waals surface area contributed by atoms with Gasteiger partial charge in [0.1, 0.15) is 17.6 Å². The lowest BCUT2D eigenvalue weighted by Gasteiger charge is -2.14. The molecule has 0 heterocycles. The Balaban J connectivity index is 1.66. The maximum atomic E-state index is 2.39. The molecule has 0 nitrogen and oxygen atoms in total. The Morgan fingerprint density at radius 2 is 0.808 bits per heavy atom. The molecule has 0 aliphatic carbocycles. The molecule has 0 saturated heterocycles.